The smallest absolute Gasteiger partial charge is 0.224 e. The molecule has 0 aromatic carbocycles. The normalized spacial score (nSPS) is 16.2. The van der Waals surface area contributed by atoms with Crippen molar-refractivity contribution in [3.8, 4) is 0 Å². The number of hydrogen-bond donors (Lipinski definition) is 2. The molecule has 0 aliphatic carbocycles. The minimum atomic E-state index is 0.0785. The number of carbonyl (C=O) groups excluding carboxylic acids is 1. The fourth-order valence-corrected chi connectivity index (χ4v) is 1.65. The van der Waals surface area contributed by atoms with Crippen LogP contribution in [0.1, 0.15) is 26.3 Å². The number of nitrogens with zero attached hydrogens (tertiary/aromatic N) is 2. The summed E-state index contributed by atoms with van der Waals surface area (Å²) in [6, 6.07) is 0.321. The third-order valence-corrected chi connectivity index (χ3v) is 2.75. The van der Waals surface area contributed by atoms with Crippen LogP contribution >= 0.6 is 0 Å². The molecule has 2 rings (SSSR count). The molecular weight excluding hydrogens is 204 g/mol. The predicted octanol–water partition coefficient (Wildman–Crippen LogP) is 1.01. The Balaban J connectivity index is 1.85. The molecule has 2 heterocycles. The zero-order valence-corrected chi connectivity index (χ0v) is 9.73. The van der Waals surface area contributed by atoms with Crippen LogP contribution in [-0.2, 0) is 4.79 Å². The summed E-state index contributed by atoms with van der Waals surface area (Å²) in [7, 11) is 0. The molecule has 0 saturated carbocycles. The highest BCUT2D eigenvalue weighted by atomic mass is 16.1. The van der Waals surface area contributed by atoms with Gasteiger partial charge in [0.25, 0.3) is 0 Å². The summed E-state index contributed by atoms with van der Waals surface area (Å²) >= 11 is 0. The monoisotopic (exact) mass is 222 g/mol. The van der Waals surface area contributed by atoms with Crippen LogP contribution in [0.4, 0.5) is 5.69 Å². The Labute approximate surface area is 95.2 Å². The van der Waals surface area contributed by atoms with Gasteiger partial charge in [-0.05, 0) is 32.9 Å². The lowest BCUT2D eigenvalue weighted by molar-refractivity contribution is -0.117. The molecule has 1 aliphatic rings. The maximum absolute atomic E-state index is 11.6. The number of amides is 1. The molecule has 0 unspecified atom stereocenters. The van der Waals surface area contributed by atoms with E-state index in [1.807, 2.05) is 10.9 Å². The number of carbonyl (C=O) groups is 1. The van der Waals surface area contributed by atoms with E-state index in [-0.39, 0.29) is 5.91 Å². The fraction of sp³-hybridized carbons (Fsp3) is 0.636. The summed E-state index contributed by atoms with van der Waals surface area (Å²) in [5, 5.41) is 10.2. The molecule has 1 saturated heterocycles. The summed E-state index contributed by atoms with van der Waals surface area (Å²) in [4.78, 5) is 11.6. The van der Waals surface area contributed by atoms with Crippen LogP contribution in [0.2, 0.25) is 0 Å². The van der Waals surface area contributed by atoms with Gasteiger partial charge in [-0.1, -0.05) is 0 Å². The van der Waals surface area contributed by atoms with Gasteiger partial charge in [0, 0.05) is 18.7 Å². The topological polar surface area (TPSA) is 59.0 Å². The highest BCUT2D eigenvalue weighted by molar-refractivity contribution is 5.90. The Hall–Kier alpha value is -1.36. The van der Waals surface area contributed by atoms with Crippen molar-refractivity contribution in [1.82, 2.24) is 15.1 Å². The number of aromatic nitrogens is 2. The van der Waals surface area contributed by atoms with Crippen molar-refractivity contribution in [2.75, 3.05) is 18.4 Å². The van der Waals surface area contributed by atoms with E-state index in [4.69, 9.17) is 0 Å². The zero-order valence-electron chi connectivity index (χ0n) is 9.73. The first-order chi connectivity index (χ1) is 7.65. The van der Waals surface area contributed by atoms with E-state index >= 15 is 0 Å². The highest BCUT2D eigenvalue weighted by Gasteiger charge is 2.20. The second-order valence-corrected chi connectivity index (χ2v) is 4.58. The van der Waals surface area contributed by atoms with E-state index in [2.05, 4.69) is 29.6 Å². The Morgan fingerprint density at radius 1 is 1.69 bits per heavy atom. The Bertz CT molecular complexity index is 368. The first kappa shape index (κ1) is 11.1. The van der Waals surface area contributed by atoms with Crippen molar-refractivity contribution in [1.29, 1.82) is 0 Å². The summed E-state index contributed by atoms with van der Waals surface area (Å²) in [6.07, 6.45) is 4.15. The minimum absolute atomic E-state index is 0.0785. The molecule has 0 bridgehead atoms. The summed E-state index contributed by atoms with van der Waals surface area (Å²) in [6.45, 7) is 6.02. The molecule has 1 aromatic rings. The molecule has 0 atom stereocenters. The van der Waals surface area contributed by atoms with Gasteiger partial charge in [0.1, 0.15) is 0 Å². The highest BCUT2D eigenvalue weighted by Crippen LogP contribution is 2.13. The van der Waals surface area contributed by atoms with Crippen molar-refractivity contribution in [2.24, 2.45) is 5.92 Å². The van der Waals surface area contributed by atoms with Gasteiger partial charge in [-0.15, -0.1) is 0 Å². The van der Waals surface area contributed by atoms with E-state index in [1.165, 1.54) is 0 Å². The fourth-order valence-electron chi connectivity index (χ4n) is 1.65. The Kier molecular flexibility index (Phi) is 3.24. The van der Waals surface area contributed by atoms with E-state index in [9.17, 15) is 4.79 Å². The lowest BCUT2D eigenvalue weighted by Gasteiger charge is -2.26. The van der Waals surface area contributed by atoms with E-state index < -0.39 is 0 Å². The largest absolute Gasteiger partial charge is 0.323 e. The van der Waals surface area contributed by atoms with Crippen LogP contribution in [0.5, 0.6) is 0 Å². The molecule has 2 N–H and O–H groups in total. The van der Waals surface area contributed by atoms with Crippen molar-refractivity contribution in [2.45, 2.75) is 26.3 Å². The molecule has 1 aromatic heterocycles. The van der Waals surface area contributed by atoms with Gasteiger partial charge in [-0.25, -0.2) is 0 Å². The molecular formula is C11H18N4O. The second-order valence-electron chi connectivity index (χ2n) is 4.58. The van der Waals surface area contributed by atoms with Crippen molar-refractivity contribution >= 4 is 11.6 Å². The van der Waals surface area contributed by atoms with Gasteiger partial charge in [-0.3, -0.25) is 9.48 Å². The molecule has 1 fully saturated rings. The minimum Gasteiger partial charge on any atom is -0.323 e. The Morgan fingerprint density at radius 3 is 2.94 bits per heavy atom. The maximum Gasteiger partial charge on any atom is 0.224 e. The molecule has 16 heavy (non-hydrogen) atoms. The Morgan fingerprint density at radius 2 is 2.44 bits per heavy atom. The van der Waals surface area contributed by atoms with Gasteiger partial charge in [0.2, 0.25) is 5.91 Å². The average Bonchev–Trinajstić information content (AvgIpc) is 2.60. The summed E-state index contributed by atoms with van der Waals surface area (Å²) < 4.78 is 1.83. The zero-order chi connectivity index (χ0) is 11.5. The number of hydrogen-bond acceptors (Lipinski definition) is 3. The molecule has 0 spiro atoms. The van der Waals surface area contributed by atoms with Crippen molar-refractivity contribution in [3.63, 3.8) is 0 Å². The van der Waals surface area contributed by atoms with Crippen molar-refractivity contribution in [3.05, 3.63) is 12.4 Å². The van der Waals surface area contributed by atoms with E-state index in [0.717, 1.165) is 18.8 Å². The number of anilines is 1. The molecule has 1 amide bonds. The van der Waals surface area contributed by atoms with Crippen molar-refractivity contribution < 1.29 is 4.79 Å². The standard InChI is InChI=1S/C11H18N4O/c1-8(2)15-7-10(6-13-15)14-11(16)3-9-4-12-5-9/h6-9,12H,3-5H2,1-2H3,(H,14,16). The van der Waals surface area contributed by atoms with Crippen LogP contribution in [0, 0.1) is 5.92 Å². The summed E-state index contributed by atoms with van der Waals surface area (Å²) in [5.74, 6) is 0.579. The quantitative estimate of drug-likeness (QED) is 0.799. The molecule has 1 aliphatic heterocycles. The molecule has 5 heteroatoms. The van der Waals surface area contributed by atoms with Gasteiger partial charge in [-0.2, -0.15) is 5.10 Å². The van der Waals surface area contributed by atoms with Crippen LogP contribution < -0.4 is 10.6 Å². The average molecular weight is 222 g/mol. The van der Waals surface area contributed by atoms with Crippen LogP contribution in [0.15, 0.2) is 12.4 Å². The SMILES string of the molecule is CC(C)n1cc(NC(=O)CC2CNC2)cn1. The van der Waals surface area contributed by atoms with Crippen LogP contribution in [0.3, 0.4) is 0 Å². The third kappa shape index (κ3) is 2.61. The molecule has 0 radical (unpaired) electrons. The van der Waals surface area contributed by atoms with E-state index in [0.29, 0.717) is 18.4 Å². The third-order valence-electron chi connectivity index (χ3n) is 2.75. The van der Waals surface area contributed by atoms with Gasteiger partial charge in [0.05, 0.1) is 11.9 Å². The van der Waals surface area contributed by atoms with Crippen LogP contribution in [0.25, 0.3) is 0 Å². The predicted molar refractivity (Wildman–Crippen MR) is 62.2 cm³/mol. The van der Waals surface area contributed by atoms with Gasteiger partial charge >= 0.3 is 0 Å². The van der Waals surface area contributed by atoms with Gasteiger partial charge < -0.3 is 10.6 Å². The second kappa shape index (κ2) is 4.65. The summed E-state index contributed by atoms with van der Waals surface area (Å²) in [5.41, 5.74) is 0.783. The number of rotatable bonds is 4. The van der Waals surface area contributed by atoms with Crippen LogP contribution in [-0.4, -0.2) is 28.8 Å². The lowest BCUT2D eigenvalue weighted by Crippen LogP contribution is -2.43. The lowest BCUT2D eigenvalue weighted by atomic mass is 9.99. The number of nitrogens with one attached hydrogen (secondary N) is 2. The van der Waals surface area contributed by atoms with Gasteiger partial charge in [0.15, 0.2) is 0 Å². The first-order valence-corrected chi connectivity index (χ1v) is 5.70. The first-order valence-electron chi connectivity index (χ1n) is 5.70. The maximum atomic E-state index is 11.6. The van der Waals surface area contributed by atoms with E-state index in [1.54, 1.807) is 6.20 Å². The molecule has 5 nitrogen and oxygen atoms in total. The molecule has 88 valence electrons.